The maximum Gasteiger partial charge on any atom is 0.270 e. The number of carbonyl (C=O) groups excluding carboxylic acids is 1. The van der Waals surface area contributed by atoms with Gasteiger partial charge in [0.05, 0.1) is 12.2 Å². The number of fused-ring (bicyclic) bond motifs is 1. The number of nitrogens with zero attached hydrogens (tertiary/aromatic N) is 3. The fourth-order valence-corrected chi connectivity index (χ4v) is 3.18. The van der Waals surface area contributed by atoms with Gasteiger partial charge >= 0.3 is 0 Å². The highest BCUT2D eigenvalue weighted by molar-refractivity contribution is 5.92. The maximum absolute atomic E-state index is 12.5. The SMILES string of the molecule is Cc1cc(C(=O)NCc2ccccn2)nc(NCCc2c[nH]c3ccccc23)n1. The highest BCUT2D eigenvalue weighted by Gasteiger charge is 2.11. The molecular formula is C22H22N6O. The molecular weight excluding hydrogens is 364 g/mol. The van der Waals surface area contributed by atoms with E-state index in [1.54, 1.807) is 12.3 Å². The predicted molar refractivity (Wildman–Crippen MR) is 113 cm³/mol. The molecule has 3 aromatic heterocycles. The van der Waals surface area contributed by atoms with Gasteiger partial charge in [0, 0.05) is 35.5 Å². The first-order chi connectivity index (χ1) is 14.2. The molecule has 0 aliphatic heterocycles. The Morgan fingerprint density at radius 3 is 2.83 bits per heavy atom. The van der Waals surface area contributed by atoms with Gasteiger partial charge in [-0.25, -0.2) is 9.97 Å². The average molecular weight is 386 g/mol. The van der Waals surface area contributed by atoms with Crippen LogP contribution in [0.2, 0.25) is 0 Å². The molecule has 4 aromatic rings. The number of amides is 1. The molecule has 0 bridgehead atoms. The van der Waals surface area contributed by atoms with Crippen molar-refractivity contribution in [3.63, 3.8) is 0 Å². The van der Waals surface area contributed by atoms with Crippen molar-refractivity contribution < 1.29 is 4.79 Å². The van der Waals surface area contributed by atoms with E-state index < -0.39 is 0 Å². The van der Waals surface area contributed by atoms with E-state index in [4.69, 9.17) is 0 Å². The lowest BCUT2D eigenvalue weighted by Gasteiger charge is -2.09. The van der Waals surface area contributed by atoms with Crippen molar-refractivity contribution in [1.82, 2.24) is 25.3 Å². The van der Waals surface area contributed by atoms with E-state index in [0.717, 1.165) is 23.3 Å². The first-order valence-corrected chi connectivity index (χ1v) is 9.52. The second-order valence-corrected chi connectivity index (χ2v) is 6.76. The number of aromatic amines is 1. The molecule has 3 N–H and O–H groups in total. The molecule has 0 spiro atoms. The number of aromatic nitrogens is 4. The zero-order chi connectivity index (χ0) is 20.1. The average Bonchev–Trinajstić information content (AvgIpc) is 3.15. The molecule has 0 atom stereocenters. The second-order valence-electron chi connectivity index (χ2n) is 6.76. The molecule has 0 saturated carbocycles. The fraction of sp³-hybridized carbons (Fsp3) is 0.182. The minimum absolute atomic E-state index is 0.249. The molecule has 0 saturated heterocycles. The van der Waals surface area contributed by atoms with Crippen LogP contribution in [0, 0.1) is 6.92 Å². The number of benzene rings is 1. The van der Waals surface area contributed by atoms with Crippen molar-refractivity contribution in [2.24, 2.45) is 0 Å². The zero-order valence-corrected chi connectivity index (χ0v) is 16.1. The summed E-state index contributed by atoms with van der Waals surface area (Å²) in [6.07, 6.45) is 4.55. The van der Waals surface area contributed by atoms with Gasteiger partial charge in [-0.1, -0.05) is 24.3 Å². The molecule has 146 valence electrons. The van der Waals surface area contributed by atoms with Crippen LogP contribution in [0.15, 0.2) is 60.9 Å². The number of hydrogen-bond acceptors (Lipinski definition) is 5. The van der Waals surface area contributed by atoms with E-state index in [1.807, 2.05) is 43.5 Å². The minimum Gasteiger partial charge on any atom is -0.361 e. The third kappa shape index (κ3) is 4.57. The Labute approximate surface area is 168 Å². The fourth-order valence-electron chi connectivity index (χ4n) is 3.18. The van der Waals surface area contributed by atoms with Crippen molar-refractivity contribution in [3.8, 4) is 0 Å². The summed E-state index contributed by atoms with van der Waals surface area (Å²) in [4.78, 5) is 28.7. The van der Waals surface area contributed by atoms with Crippen molar-refractivity contribution in [3.05, 3.63) is 83.6 Å². The molecule has 7 heteroatoms. The second kappa shape index (κ2) is 8.52. The highest BCUT2D eigenvalue weighted by Crippen LogP contribution is 2.18. The van der Waals surface area contributed by atoms with Gasteiger partial charge in [0.25, 0.3) is 5.91 Å². The van der Waals surface area contributed by atoms with Crippen molar-refractivity contribution in [2.45, 2.75) is 19.9 Å². The lowest BCUT2D eigenvalue weighted by molar-refractivity contribution is 0.0945. The molecule has 1 amide bonds. The molecule has 0 unspecified atom stereocenters. The van der Waals surface area contributed by atoms with E-state index >= 15 is 0 Å². The monoisotopic (exact) mass is 386 g/mol. The lowest BCUT2D eigenvalue weighted by atomic mass is 10.1. The number of H-pyrrole nitrogens is 1. The summed E-state index contributed by atoms with van der Waals surface area (Å²) in [5, 5.41) is 7.29. The van der Waals surface area contributed by atoms with E-state index in [0.29, 0.717) is 24.7 Å². The summed E-state index contributed by atoms with van der Waals surface area (Å²) in [6, 6.07) is 15.5. The Morgan fingerprint density at radius 2 is 1.97 bits per heavy atom. The van der Waals surface area contributed by atoms with Crippen molar-refractivity contribution in [1.29, 1.82) is 0 Å². The maximum atomic E-state index is 12.5. The number of hydrogen-bond donors (Lipinski definition) is 3. The normalized spacial score (nSPS) is 10.8. The lowest BCUT2D eigenvalue weighted by Crippen LogP contribution is -2.25. The topological polar surface area (TPSA) is 95.6 Å². The molecule has 1 aromatic carbocycles. The quantitative estimate of drug-likeness (QED) is 0.453. The number of anilines is 1. The van der Waals surface area contributed by atoms with Crippen LogP contribution in [0.4, 0.5) is 5.95 Å². The summed E-state index contributed by atoms with van der Waals surface area (Å²) >= 11 is 0. The third-order valence-corrected chi connectivity index (χ3v) is 4.60. The highest BCUT2D eigenvalue weighted by atomic mass is 16.1. The van der Waals surface area contributed by atoms with E-state index in [-0.39, 0.29) is 5.91 Å². The van der Waals surface area contributed by atoms with Crippen LogP contribution < -0.4 is 10.6 Å². The number of para-hydroxylation sites is 1. The minimum atomic E-state index is -0.249. The van der Waals surface area contributed by atoms with E-state index in [2.05, 4.69) is 42.7 Å². The van der Waals surface area contributed by atoms with Crippen LogP contribution in [-0.2, 0) is 13.0 Å². The number of nitrogens with one attached hydrogen (secondary N) is 3. The number of carbonyl (C=O) groups is 1. The van der Waals surface area contributed by atoms with Gasteiger partial charge in [0.15, 0.2) is 0 Å². The van der Waals surface area contributed by atoms with Gasteiger partial charge in [-0.2, -0.15) is 0 Å². The van der Waals surface area contributed by atoms with Gasteiger partial charge in [-0.3, -0.25) is 9.78 Å². The van der Waals surface area contributed by atoms with Crippen LogP contribution in [0.3, 0.4) is 0 Å². The van der Waals surface area contributed by atoms with Crippen molar-refractivity contribution >= 4 is 22.8 Å². The molecule has 0 aliphatic rings. The molecule has 0 radical (unpaired) electrons. The van der Waals surface area contributed by atoms with E-state index in [9.17, 15) is 4.79 Å². The first kappa shape index (κ1) is 18.6. The van der Waals surface area contributed by atoms with E-state index in [1.165, 1.54) is 10.9 Å². The summed E-state index contributed by atoms with van der Waals surface area (Å²) in [6.45, 7) is 2.87. The van der Waals surface area contributed by atoms with Gasteiger partial charge in [-0.15, -0.1) is 0 Å². The molecule has 4 rings (SSSR count). The van der Waals surface area contributed by atoms with Gasteiger partial charge in [0.1, 0.15) is 5.69 Å². The smallest absolute Gasteiger partial charge is 0.270 e. The van der Waals surface area contributed by atoms with Crippen LogP contribution in [-0.4, -0.2) is 32.4 Å². The Balaban J connectivity index is 1.38. The van der Waals surface area contributed by atoms with Gasteiger partial charge in [0.2, 0.25) is 5.95 Å². The Kier molecular flexibility index (Phi) is 5.47. The zero-order valence-electron chi connectivity index (χ0n) is 16.1. The van der Waals surface area contributed by atoms with Crippen LogP contribution >= 0.6 is 0 Å². The Hall–Kier alpha value is -3.74. The molecule has 29 heavy (non-hydrogen) atoms. The first-order valence-electron chi connectivity index (χ1n) is 9.52. The largest absolute Gasteiger partial charge is 0.361 e. The molecule has 3 heterocycles. The van der Waals surface area contributed by atoms with Crippen LogP contribution in [0.25, 0.3) is 10.9 Å². The summed E-state index contributed by atoms with van der Waals surface area (Å²) < 4.78 is 0. The Morgan fingerprint density at radius 1 is 1.10 bits per heavy atom. The third-order valence-electron chi connectivity index (χ3n) is 4.60. The number of pyridine rings is 1. The summed E-state index contributed by atoms with van der Waals surface area (Å²) in [7, 11) is 0. The number of aryl methyl sites for hydroxylation is 1. The van der Waals surface area contributed by atoms with Crippen molar-refractivity contribution in [2.75, 3.05) is 11.9 Å². The molecule has 0 aliphatic carbocycles. The summed E-state index contributed by atoms with van der Waals surface area (Å²) in [5.41, 5.74) is 4.22. The Bertz CT molecular complexity index is 1120. The van der Waals surface area contributed by atoms with Crippen LogP contribution in [0.5, 0.6) is 0 Å². The van der Waals surface area contributed by atoms with Gasteiger partial charge < -0.3 is 15.6 Å². The molecule has 7 nitrogen and oxygen atoms in total. The van der Waals surface area contributed by atoms with Gasteiger partial charge in [-0.05, 0) is 43.2 Å². The molecule has 0 fully saturated rings. The van der Waals surface area contributed by atoms with Crippen LogP contribution in [0.1, 0.15) is 27.4 Å². The standard InChI is InChI=1S/C22H22N6O/c1-15-12-20(21(29)26-14-17-6-4-5-10-23-17)28-22(27-15)24-11-9-16-13-25-19-8-3-2-7-18(16)19/h2-8,10,12-13,25H,9,11,14H2,1H3,(H,26,29)(H,24,27,28). The summed E-state index contributed by atoms with van der Waals surface area (Å²) in [5.74, 6) is 0.202. The number of rotatable bonds is 7. The predicted octanol–water partition coefficient (Wildman–Crippen LogP) is 3.25.